The van der Waals surface area contributed by atoms with Gasteiger partial charge in [0.2, 0.25) is 0 Å². The Morgan fingerprint density at radius 1 is 1.29 bits per heavy atom. The molecule has 0 spiro atoms. The summed E-state index contributed by atoms with van der Waals surface area (Å²) < 4.78 is 0. The monoisotopic (exact) mass is 195 g/mol. The van der Waals surface area contributed by atoms with Crippen LogP contribution >= 0.6 is 0 Å². The fraction of sp³-hybridized carbons (Fsp3) is 0.909. The molecule has 0 amide bonds. The highest BCUT2D eigenvalue weighted by Gasteiger charge is 2.27. The molecule has 1 aliphatic carbocycles. The topological polar surface area (TPSA) is 41.6 Å². The molecule has 0 aromatic heterocycles. The van der Waals surface area contributed by atoms with Crippen molar-refractivity contribution in [1.29, 1.82) is 0 Å². The van der Waals surface area contributed by atoms with Crippen LogP contribution in [0.3, 0.4) is 0 Å². The molecule has 2 rings (SSSR count). The van der Waals surface area contributed by atoms with E-state index >= 15 is 0 Å². The zero-order valence-corrected chi connectivity index (χ0v) is 9.29. The van der Waals surface area contributed by atoms with Crippen molar-refractivity contribution in [3.05, 3.63) is 0 Å². The quantitative estimate of drug-likeness (QED) is 0.510. The Labute approximate surface area is 86.4 Å². The number of aliphatic imine (C=N–C) groups is 1. The van der Waals surface area contributed by atoms with Gasteiger partial charge in [-0.15, -0.1) is 0 Å². The molecule has 0 unspecified atom stereocenters. The fourth-order valence-corrected chi connectivity index (χ4v) is 1.81. The first kappa shape index (κ1) is 9.81. The van der Waals surface area contributed by atoms with Crippen LogP contribution in [0.15, 0.2) is 4.99 Å². The molecular weight excluding hydrogens is 174 g/mol. The highest BCUT2D eigenvalue weighted by molar-refractivity contribution is 5.78. The summed E-state index contributed by atoms with van der Waals surface area (Å²) in [5.74, 6) is 0.781. The average Bonchev–Trinajstić information content (AvgIpc) is 2.88. The number of hydrogen-bond donors (Lipinski definition) is 1. The second kappa shape index (κ2) is 3.44. The van der Waals surface area contributed by atoms with Gasteiger partial charge in [0.05, 0.1) is 6.04 Å². The number of piperidine rings is 1. The molecule has 3 heteroatoms. The van der Waals surface area contributed by atoms with Gasteiger partial charge in [0.15, 0.2) is 5.96 Å². The molecule has 80 valence electrons. The number of hydrogen-bond acceptors (Lipinski definition) is 1. The largest absolute Gasteiger partial charge is 0.370 e. The van der Waals surface area contributed by atoms with E-state index in [0.29, 0.717) is 11.5 Å². The number of nitrogens with two attached hydrogens (primary N) is 1. The third-order valence-electron chi connectivity index (χ3n) is 3.30. The Morgan fingerprint density at radius 3 is 2.36 bits per heavy atom. The SMILES string of the molecule is CC1(C)CCN(C(N)=NC2CC2)CC1. The van der Waals surface area contributed by atoms with Gasteiger partial charge in [-0.3, -0.25) is 0 Å². The summed E-state index contributed by atoms with van der Waals surface area (Å²) >= 11 is 0. The van der Waals surface area contributed by atoms with Crippen LogP contribution in [0.25, 0.3) is 0 Å². The fourth-order valence-electron chi connectivity index (χ4n) is 1.81. The van der Waals surface area contributed by atoms with Crippen LogP contribution in [0.5, 0.6) is 0 Å². The van der Waals surface area contributed by atoms with Crippen LogP contribution in [0.2, 0.25) is 0 Å². The summed E-state index contributed by atoms with van der Waals surface area (Å²) in [6.45, 7) is 6.82. The van der Waals surface area contributed by atoms with E-state index in [4.69, 9.17) is 5.73 Å². The smallest absolute Gasteiger partial charge is 0.191 e. The molecule has 0 atom stereocenters. The lowest BCUT2D eigenvalue weighted by atomic mass is 9.83. The number of nitrogens with zero attached hydrogens (tertiary/aromatic N) is 2. The summed E-state index contributed by atoms with van der Waals surface area (Å²) in [5, 5.41) is 0. The minimum Gasteiger partial charge on any atom is -0.370 e. The Kier molecular flexibility index (Phi) is 2.41. The van der Waals surface area contributed by atoms with Crippen molar-refractivity contribution in [2.45, 2.75) is 45.6 Å². The molecule has 2 fully saturated rings. The number of guanidine groups is 1. The molecule has 0 aromatic rings. The molecular formula is C11H21N3. The molecule has 1 aliphatic heterocycles. The van der Waals surface area contributed by atoms with Gasteiger partial charge >= 0.3 is 0 Å². The number of likely N-dealkylation sites (tertiary alicyclic amines) is 1. The average molecular weight is 195 g/mol. The Morgan fingerprint density at radius 2 is 1.86 bits per heavy atom. The lowest BCUT2D eigenvalue weighted by Crippen LogP contribution is -2.45. The molecule has 0 bridgehead atoms. The molecule has 1 saturated heterocycles. The predicted octanol–water partition coefficient (Wildman–Crippen LogP) is 1.59. The van der Waals surface area contributed by atoms with Crippen LogP contribution < -0.4 is 5.73 Å². The number of rotatable bonds is 1. The first-order valence-electron chi connectivity index (χ1n) is 5.65. The molecule has 2 N–H and O–H groups in total. The Balaban J connectivity index is 1.88. The zero-order chi connectivity index (χ0) is 10.2. The van der Waals surface area contributed by atoms with Crippen LogP contribution in [0.1, 0.15) is 39.5 Å². The van der Waals surface area contributed by atoms with Crippen LogP contribution in [0, 0.1) is 5.41 Å². The van der Waals surface area contributed by atoms with Crippen molar-refractivity contribution in [2.24, 2.45) is 16.1 Å². The van der Waals surface area contributed by atoms with E-state index < -0.39 is 0 Å². The van der Waals surface area contributed by atoms with Gasteiger partial charge in [0.25, 0.3) is 0 Å². The van der Waals surface area contributed by atoms with Gasteiger partial charge in [0.1, 0.15) is 0 Å². The van der Waals surface area contributed by atoms with Gasteiger partial charge < -0.3 is 10.6 Å². The lowest BCUT2D eigenvalue weighted by molar-refractivity contribution is 0.187. The van der Waals surface area contributed by atoms with E-state index in [1.54, 1.807) is 0 Å². The van der Waals surface area contributed by atoms with Crippen LogP contribution in [0.4, 0.5) is 0 Å². The first-order chi connectivity index (χ1) is 6.57. The molecule has 3 nitrogen and oxygen atoms in total. The van der Waals surface area contributed by atoms with Gasteiger partial charge in [-0.25, -0.2) is 4.99 Å². The van der Waals surface area contributed by atoms with Crippen molar-refractivity contribution >= 4 is 5.96 Å². The minimum atomic E-state index is 0.496. The highest BCUT2D eigenvalue weighted by Crippen LogP contribution is 2.30. The standard InChI is InChI=1S/C11H21N3/c1-11(2)5-7-14(8-6-11)10(12)13-9-3-4-9/h9H,3-8H2,1-2H3,(H2,12,13). The van der Waals surface area contributed by atoms with Gasteiger partial charge in [-0.05, 0) is 31.1 Å². The Hall–Kier alpha value is -0.730. The van der Waals surface area contributed by atoms with Gasteiger partial charge in [0, 0.05) is 13.1 Å². The summed E-state index contributed by atoms with van der Waals surface area (Å²) in [6, 6.07) is 0.546. The summed E-state index contributed by atoms with van der Waals surface area (Å²) in [6.07, 6.45) is 4.93. The van der Waals surface area contributed by atoms with Gasteiger partial charge in [-0.1, -0.05) is 13.8 Å². The molecule has 1 saturated carbocycles. The highest BCUT2D eigenvalue weighted by atomic mass is 15.3. The van der Waals surface area contributed by atoms with E-state index in [1.165, 1.54) is 25.7 Å². The van der Waals surface area contributed by atoms with Crippen molar-refractivity contribution < 1.29 is 0 Å². The molecule has 1 heterocycles. The third-order valence-corrected chi connectivity index (χ3v) is 3.30. The Bertz CT molecular complexity index is 231. The zero-order valence-electron chi connectivity index (χ0n) is 9.29. The van der Waals surface area contributed by atoms with E-state index in [-0.39, 0.29) is 0 Å². The van der Waals surface area contributed by atoms with E-state index in [1.807, 2.05) is 0 Å². The summed E-state index contributed by atoms with van der Waals surface area (Å²) in [7, 11) is 0. The molecule has 2 aliphatic rings. The maximum atomic E-state index is 5.95. The van der Waals surface area contributed by atoms with E-state index in [2.05, 4.69) is 23.7 Å². The lowest BCUT2D eigenvalue weighted by Gasteiger charge is -2.37. The van der Waals surface area contributed by atoms with Crippen molar-refractivity contribution in [1.82, 2.24) is 4.90 Å². The second-order valence-electron chi connectivity index (χ2n) is 5.37. The predicted molar refractivity (Wildman–Crippen MR) is 59.2 cm³/mol. The minimum absolute atomic E-state index is 0.496. The molecule has 0 aromatic carbocycles. The molecule has 0 radical (unpaired) electrons. The van der Waals surface area contributed by atoms with Gasteiger partial charge in [-0.2, -0.15) is 0 Å². The maximum absolute atomic E-state index is 5.95. The summed E-state index contributed by atoms with van der Waals surface area (Å²) in [4.78, 5) is 6.72. The normalized spacial score (nSPS) is 27.9. The summed E-state index contributed by atoms with van der Waals surface area (Å²) in [5.41, 5.74) is 6.45. The van der Waals surface area contributed by atoms with Crippen molar-refractivity contribution in [3.8, 4) is 0 Å². The van der Waals surface area contributed by atoms with Crippen LogP contribution in [-0.2, 0) is 0 Å². The second-order valence-corrected chi connectivity index (χ2v) is 5.37. The van der Waals surface area contributed by atoms with Crippen LogP contribution in [-0.4, -0.2) is 30.0 Å². The van der Waals surface area contributed by atoms with Crippen molar-refractivity contribution in [3.63, 3.8) is 0 Å². The van der Waals surface area contributed by atoms with Crippen molar-refractivity contribution in [2.75, 3.05) is 13.1 Å². The van der Waals surface area contributed by atoms with E-state index in [9.17, 15) is 0 Å². The molecule has 14 heavy (non-hydrogen) atoms. The maximum Gasteiger partial charge on any atom is 0.191 e. The third kappa shape index (κ3) is 2.40. The van der Waals surface area contributed by atoms with E-state index in [0.717, 1.165) is 19.0 Å². The first-order valence-corrected chi connectivity index (χ1v) is 5.65.